The van der Waals surface area contributed by atoms with Crippen molar-refractivity contribution in [2.45, 2.75) is 0 Å². The Kier molecular flexibility index (Phi) is 6.25. The second kappa shape index (κ2) is 7.36. The lowest BCUT2D eigenvalue weighted by Gasteiger charge is -2.04. The van der Waals surface area contributed by atoms with E-state index < -0.39 is 23.9 Å². The van der Waals surface area contributed by atoms with Crippen molar-refractivity contribution >= 4 is 41.0 Å². The van der Waals surface area contributed by atoms with E-state index in [1.165, 1.54) is 6.33 Å². The number of anilines is 1. The molecule has 15 nitrogen and oxygen atoms in total. The summed E-state index contributed by atoms with van der Waals surface area (Å²) in [6.07, 6.45) is 1.40. The summed E-state index contributed by atoms with van der Waals surface area (Å²) in [6.45, 7) is 0. The molecule has 0 radical (unpaired) electrons. The highest BCUT2D eigenvalue weighted by Crippen LogP contribution is 2.60. The van der Waals surface area contributed by atoms with Crippen LogP contribution in [0, 0.1) is 0 Å². The molecular formula is C5H9N5O10P3+. The van der Waals surface area contributed by atoms with Gasteiger partial charge in [0.2, 0.25) is 5.95 Å². The highest BCUT2D eigenvalue weighted by Gasteiger charge is 2.40. The lowest BCUT2D eigenvalue weighted by molar-refractivity contribution is 0.227. The molecule has 0 spiro atoms. The number of phosphoric acid groups is 2. The van der Waals surface area contributed by atoms with Gasteiger partial charge < -0.3 is 20.5 Å². The molecule has 2 atom stereocenters. The second-order valence-corrected chi connectivity index (χ2v) is 7.11. The van der Waals surface area contributed by atoms with Crippen LogP contribution in [0.5, 0.6) is 0 Å². The van der Waals surface area contributed by atoms with E-state index in [9.17, 15) is 18.5 Å². The zero-order chi connectivity index (χ0) is 17.8. The van der Waals surface area contributed by atoms with Crippen molar-refractivity contribution in [2.75, 3.05) is 5.73 Å². The van der Waals surface area contributed by atoms with Crippen molar-refractivity contribution in [3.05, 3.63) is 16.7 Å². The number of hydrogen-bond acceptors (Lipinski definition) is 9. The van der Waals surface area contributed by atoms with Gasteiger partial charge in [0.15, 0.2) is 11.2 Å². The van der Waals surface area contributed by atoms with E-state index in [4.69, 9.17) is 25.3 Å². The van der Waals surface area contributed by atoms with E-state index in [0.717, 1.165) is 0 Å². The van der Waals surface area contributed by atoms with Gasteiger partial charge in [-0.1, -0.05) is 0 Å². The summed E-state index contributed by atoms with van der Waals surface area (Å²) < 4.78 is 36.4. The number of H-pyrrole nitrogens is 2. The molecule has 0 fully saturated rings. The van der Waals surface area contributed by atoms with Crippen LogP contribution >= 0.6 is 23.9 Å². The fourth-order valence-electron chi connectivity index (χ4n) is 1.10. The molecule has 0 aliphatic heterocycles. The smallest absolute Gasteiger partial charge is 0.369 e. The normalized spacial score (nSPS) is 14.7. The maximum Gasteiger partial charge on any atom is 0.705 e. The zero-order valence-electron chi connectivity index (χ0n) is 10.6. The van der Waals surface area contributed by atoms with E-state index in [0.29, 0.717) is 11.2 Å². The van der Waals surface area contributed by atoms with Crippen molar-refractivity contribution in [3.8, 4) is 0 Å². The predicted octanol–water partition coefficient (Wildman–Crippen LogP) is -0.909. The number of nitrogens with one attached hydrogen (secondary N) is 2. The Labute approximate surface area is 126 Å². The Morgan fingerprint density at radius 1 is 1.30 bits per heavy atom. The van der Waals surface area contributed by atoms with E-state index in [1.54, 1.807) is 0 Å². The topological polar surface area (TPSA) is 251 Å². The highest BCUT2D eigenvalue weighted by molar-refractivity contribution is 7.64. The number of nitrogens with two attached hydrogens (primary N) is 1. The summed E-state index contributed by atoms with van der Waals surface area (Å²) in [5.41, 5.74) is 5.65. The number of nitrogens with zero attached hydrogens (tertiary/aromatic N) is 2. The van der Waals surface area contributed by atoms with Crippen molar-refractivity contribution in [1.82, 2.24) is 19.9 Å². The van der Waals surface area contributed by atoms with Crippen LogP contribution in [0.25, 0.3) is 11.2 Å². The van der Waals surface area contributed by atoms with Crippen LogP contribution in [0.2, 0.25) is 0 Å². The van der Waals surface area contributed by atoms with Crippen molar-refractivity contribution in [1.29, 1.82) is 0 Å². The zero-order valence-corrected chi connectivity index (χ0v) is 13.3. The van der Waals surface area contributed by atoms with Gasteiger partial charge in [0.1, 0.15) is 0 Å². The van der Waals surface area contributed by atoms with Gasteiger partial charge in [0, 0.05) is 4.57 Å². The Morgan fingerprint density at radius 3 is 2.43 bits per heavy atom. The molecule has 23 heavy (non-hydrogen) atoms. The summed E-state index contributed by atoms with van der Waals surface area (Å²) in [4.78, 5) is 55.7. The van der Waals surface area contributed by atoms with Crippen LogP contribution in [0.1, 0.15) is 0 Å². The first kappa shape index (κ1) is 19.5. The molecule has 0 aromatic carbocycles. The summed E-state index contributed by atoms with van der Waals surface area (Å²) in [5, 5.41) is 0. The molecule has 2 aromatic heterocycles. The molecule has 0 bridgehead atoms. The van der Waals surface area contributed by atoms with Crippen LogP contribution in [0.15, 0.2) is 11.1 Å². The fourth-order valence-corrected chi connectivity index (χ4v) is 3.27. The Bertz CT molecular complexity index is 854. The third-order valence-electron chi connectivity index (χ3n) is 1.70. The highest BCUT2D eigenvalue weighted by atomic mass is 31.3. The molecule has 18 heteroatoms. The molecule has 0 amide bonds. The largest absolute Gasteiger partial charge is 0.705 e. The van der Waals surface area contributed by atoms with E-state index in [1.807, 2.05) is 0 Å². The maximum atomic E-state index is 11.0. The van der Waals surface area contributed by atoms with Gasteiger partial charge in [0.05, 0.1) is 6.33 Å². The molecule has 128 valence electrons. The first-order valence-corrected chi connectivity index (χ1v) is 9.19. The fraction of sp³-hybridized carbons (Fsp3) is 0. The van der Waals surface area contributed by atoms with E-state index in [-0.39, 0.29) is 11.5 Å². The second-order valence-electron chi connectivity index (χ2n) is 3.41. The van der Waals surface area contributed by atoms with Crippen LogP contribution in [0.3, 0.4) is 0 Å². The lowest BCUT2D eigenvalue weighted by atomic mass is 10.5. The lowest BCUT2D eigenvalue weighted by Crippen LogP contribution is -2.10. The van der Waals surface area contributed by atoms with Crippen molar-refractivity contribution < 1.29 is 41.9 Å². The summed E-state index contributed by atoms with van der Waals surface area (Å²) in [5.74, 6) is 0.0783. The Balaban J connectivity index is 0.000000230. The molecule has 0 saturated heterocycles. The summed E-state index contributed by atoms with van der Waals surface area (Å²) >= 11 is 0. The minimum atomic E-state index is -5.22. The molecule has 0 aliphatic rings. The van der Waals surface area contributed by atoms with Gasteiger partial charge in [-0.25, -0.2) is 14.1 Å². The average Bonchev–Trinajstić information content (AvgIpc) is 2.72. The molecule has 0 aliphatic carbocycles. The van der Waals surface area contributed by atoms with Gasteiger partial charge in [-0.2, -0.15) is 9.29 Å². The average molecular weight is 392 g/mol. The number of aromatic amines is 2. The molecular weight excluding hydrogens is 383 g/mol. The van der Waals surface area contributed by atoms with Gasteiger partial charge in [-0.15, -0.1) is 4.89 Å². The number of aromatic nitrogens is 4. The molecule has 2 aromatic rings. The minimum Gasteiger partial charge on any atom is -0.369 e. The Morgan fingerprint density at radius 2 is 1.91 bits per heavy atom. The number of hydrogen-bond donors (Lipinski definition) is 7. The summed E-state index contributed by atoms with van der Waals surface area (Å²) in [6, 6.07) is 0. The monoisotopic (exact) mass is 392 g/mol. The number of fused-ring (bicyclic) bond motifs is 1. The van der Waals surface area contributed by atoms with Gasteiger partial charge in [-0.05, 0) is 4.31 Å². The standard InChI is InChI=1S/C5H5N5O.H3O9P3/c6-5-9-3-2(4(11)10-5)7-1-8-3;1-10(2)8-12(6,7)9-11(3,4)5/h1H,(H4,6,7,8,9,10,11);(H3-,1,2,3,4,5,6,7)/p+1. The molecule has 2 heterocycles. The quantitative estimate of drug-likeness (QED) is 0.312. The van der Waals surface area contributed by atoms with Crippen LogP contribution < -0.4 is 11.3 Å². The Hall–Kier alpha value is -1.53. The van der Waals surface area contributed by atoms with Crippen molar-refractivity contribution in [3.63, 3.8) is 0 Å². The first-order valence-electron chi connectivity index (χ1n) is 5.04. The SMILES string of the molecule is Nc1nc2nc[nH]c2c(=O)[nH]1.O=[P+](O)OP(=O)(O)OP(=O)(O)O. The van der Waals surface area contributed by atoms with Gasteiger partial charge >= 0.3 is 23.9 Å². The number of nitrogen functional groups attached to an aromatic ring is 1. The van der Waals surface area contributed by atoms with Gasteiger partial charge in [-0.3, -0.25) is 14.7 Å². The third kappa shape index (κ3) is 7.05. The van der Waals surface area contributed by atoms with Gasteiger partial charge in [0.25, 0.3) is 5.56 Å². The first-order chi connectivity index (χ1) is 10.4. The van der Waals surface area contributed by atoms with Crippen LogP contribution in [0.4, 0.5) is 5.95 Å². The molecule has 2 unspecified atom stereocenters. The number of imidazole rings is 1. The molecule has 8 N–H and O–H groups in total. The van der Waals surface area contributed by atoms with Crippen LogP contribution in [-0.2, 0) is 22.3 Å². The minimum absolute atomic E-state index is 0.0783. The van der Waals surface area contributed by atoms with Crippen LogP contribution in [-0.4, -0.2) is 39.5 Å². The predicted molar refractivity (Wildman–Crippen MR) is 72.8 cm³/mol. The maximum absolute atomic E-state index is 11.0. The molecule has 0 saturated carbocycles. The number of rotatable bonds is 4. The van der Waals surface area contributed by atoms with E-state index >= 15 is 0 Å². The van der Waals surface area contributed by atoms with Crippen molar-refractivity contribution in [2.24, 2.45) is 0 Å². The van der Waals surface area contributed by atoms with E-state index in [2.05, 4.69) is 28.6 Å². The summed E-state index contributed by atoms with van der Waals surface area (Å²) in [7, 11) is -13.9. The molecule has 2 rings (SSSR count). The third-order valence-corrected chi connectivity index (χ3v) is 4.76.